The maximum atomic E-state index is 13.8. The zero-order valence-electron chi connectivity index (χ0n) is 22.8. The van der Waals surface area contributed by atoms with Gasteiger partial charge in [-0.05, 0) is 103 Å². The molecule has 3 aliphatic rings. The third kappa shape index (κ3) is 6.22. The molecule has 0 bridgehead atoms. The first-order valence-electron chi connectivity index (χ1n) is 14.0. The van der Waals surface area contributed by atoms with Gasteiger partial charge in [-0.25, -0.2) is 4.39 Å². The highest BCUT2D eigenvalue weighted by atomic mass is 19.1. The van der Waals surface area contributed by atoms with Crippen LogP contribution in [0.3, 0.4) is 0 Å². The number of ketones is 1. The van der Waals surface area contributed by atoms with Crippen molar-refractivity contribution in [1.82, 2.24) is 5.32 Å². The van der Waals surface area contributed by atoms with Crippen molar-refractivity contribution in [1.29, 1.82) is 0 Å². The fraction of sp³-hybridized carbons (Fsp3) is 0.515. The van der Waals surface area contributed by atoms with Gasteiger partial charge in [-0.1, -0.05) is 63.8 Å². The molecule has 1 unspecified atom stereocenters. The van der Waals surface area contributed by atoms with E-state index in [4.69, 9.17) is 0 Å². The number of carbonyl (C=O) groups is 2. The Morgan fingerprint density at radius 3 is 2.59 bits per heavy atom. The third-order valence-electron chi connectivity index (χ3n) is 8.99. The number of hydrogen-bond donors (Lipinski definition) is 1. The van der Waals surface area contributed by atoms with Gasteiger partial charge in [-0.2, -0.15) is 0 Å². The first kappa shape index (κ1) is 27.3. The van der Waals surface area contributed by atoms with Crippen molar-refractivity contribution in [3.8, 4) is 0 Å². The van der Waals surface area contributed by atoms with Gasteiger partial charge >= 0.3 is 0 Å². The SMILES string of the molecule is C=CC(=O)[C@@H]1C[C@H]2C[C@@H](NC(C)=O)CC[C@H]2[C@@H](/C=C/C2=CC=C(c3cccc(F)c3)C(C)C2)[C@H]1C(C)C. The van der Waals surface area contributed by atoms with Gasteiger partial charge in [0.2, 0.25) is 5.91 Å². The molecule has 0 saturated heterocycles. The Morgan fingerprint density at radius 2 is 1.95 bits per heavy atom. The fourth-order valence-electron chi connectivity index (χ4n) is 7.46. The van der Waals surface area contributed by atoms with Crippen molar-refractivity contribution in [3.05, 3.63) is 78.2 Å². The van der Waals surface area contributed by atoms with Crippen LogP contribution in [0.5, 0.6) is 0 Å². The Hall–Kier alpha value is -2.75. The molecule has 2 fully saturated rings. The van der Waals surface area contributed by atoms with Gasteiger partial charge in [0.25, 0.3) is 0 Å². The van der Waals surface area contributed by atoms with Crippen LogP contribution in [0, 0.1) is 47.2 Å². The number of fused-ring (bicyclic) bond motifs is 1. The summed E-state index contributed by atoms with van der Waals surface area (Å²) in [6, 6.07) is 7.04. The Kier molecular flexibility index (Phi) is 8.67. The van der Waals surface area contributed by atoms with E-state index in [2.05, 4.69) is 57.0 Å². The van der Waals surface area contributed by atoms with Gasteiger partial charge < -0.3 is 5.32 Å². The highest BCUT2D eigenvalue weighted by Gasteiger charge is 2.48. The molecule has 198 valence electrons. The molecule has 0 heterocycles. The molecule has 1 N–H and O–H groups in total. The van der Waals surface area contributed by atoms with E-state index in [0.29, 0.717) is 29.6 Å². The summed E-state index contributed by atoms with van der Waals surface area (Å²) in [6.07, 6.45) is 15.3. The normalized spacial score (nSPS) is 31.9. The number of halogens is 1. The summed E-state index contributed by atoms with van der Waals surface area (Å²) in [5, 5.41) is 3.13. The highest BCUT2D eigenvalue weighted by Crippen LogP contribution is 2.52. The van der Waals surface area contributed by atoms with Crippen molar-refractivity contribution in [2.75, 3.05) is 0 Å². The summed E-state index contributed by atoms with van der Waals surface area (Å²) >= 11 is 0. The number of allylic oxidation sites excluding steroid dienone is 7. The maximum absolute atomic E-state index is 13.8. The van der Waals surface area contributed by atoms with Crippen LogP contribution in [-0.2, 0) is 9.59 Å². The van der Waals surface area contributed by atoms with E-state index in [-0.39, 0.29) is 35.4 Å². The minimum absolute atomic E-state index is 0.0248. The minimum Gasteiger partial charge on any atom is -0.354 e. The molecule has 4 heteroatoms. The van der Waals surface area contributed by atoms with Gasteiger partial charge in [0.1, 0.15) is 5.82 Å². The Morgan fingerprint density at radius 1 is 1.16 bits per heavy atom. The summed E-state index contributed by atoms with van der Waals surface area (Å²) in [5.74, 6) is 2.17. The smallest absolute Gasteiger partial charge is 0.217 e. The predicted octanol–water partition coefficient (Wildman–Crippen LogP) is 7.32. The molecule has 0 aliphatic heterocycles. The summed E-state index contributed by atoms with van der Waals surface area (Å²) in [4.78, 5) is 24.8. The summed E-state index contributed by atoms with van der Waals surface area (Å²) in [5.41, 5.74) is 3.39. The first-order valence-corrected chi connectivity index (χ1v) is 14.0. The molecule has 1 aromatic rings. The number of rotatable bonds is 7. The first-order chi connectivity index (χ1) is 17.7. The van der Waals surface area contributed by atoms with E-state index in [0.717, 1.165) is 37.7 Å². The van der Waals surface area contributed by atoms with Crippen LogP contribution in [0.4, 0.5) is 4.39 Å². The molecule has 2 saturated carbocycles. The lowest BCUT2D eigenvalue weighted by Crippen LogP contribution is -2.49. The summed E-state index contributed by atoms with van der Waals surface area (Å²) in [6.45, 7) is 12.1. The number of hydrogen-bond acceptors (Lipinski definition) is 2. The Balaban J connectivity index is 1.61. The lowest BCUT2D eigenvalue weighted by molar-refractivity contribution is -0.126. The van der Waals surface area contributed by atoms with E-state index in [9.17, 15) is 14.0 Å². The molecule has 7 atom stereocenters. The molecule has 3 aliphatic carbocycles. The van der Waals surface area contributed by atoms with Crippen LogP contribution < -0.4 is 5.32 Å². The molecule has 1 aromatic carbocycles. The average molecular weight is 504 g/mol. The van der Waals surface area contributed by atoms with Crippen molar-refractivity contribution in [3.63, 3.8) is 0 Å². The van der Waals surface area contributed by atoms with Crippen LogP contribution in [0.1, 0.15) is 65.4 Å². The average Bonchev–Trinajstić information content (AvgIpc) is 2.85. The van der Waals surface area contributed by atoms with E-state index in [1.54, 1.807) is 19.1 Å². The lowest BCUT2D eigenvalue weighted by Gasteiger charge is -2.51. The quantitative estimate of drug-likeness (QED) is 0.396. The van der Waals surface area contributed by atoms with Crippen molar-refractivity contribution in [2.45, 2.75) is 65.8 Å². The number of nitrogens with one attached hydrogen (secondary N) is 1. The van der Waals surface area contributed by atoms with E-state index < -0.39 is 0 Å². The molecular weight excluding hydrogens is 461 g/mol. The molecule has 37 heavy (non-hydrogen) atoms. The van der Waals surface area contributed by atoms with E-state index >= 15 is 0 Å². The van der Waals surface area contributed by atoms with E-state index in [1.807, 2.05) is 6.07 Å². The van der Waals surface area contributed by atoms with Crippen LogP contribution >= 0.6 is 0 Å². The zero-order chi connectivity index (χ0) is 26.7. The van der Waals surface area contributed by atoms with Gasteiger partial charge in [-0.3, -0.25) is 9.59 Å². The molecule has 0 radical (unpaired) electrons. The molecule has 4 rings (SSSR count). The van der Waals surface area contributed by atoms with Crippen LogP contribution in [0.2, 0.25) is 0 Å². The van der Waals surface area contributed by atoms with Crippen molar-refractivity contribution in [2.24, 2.45) is 41.4 Å². The van der Waals surface area contributed by atoms with Gasteiger partial charge in [0, 0.05) is 18.9 Å². The zero-order valence-corrected chi connectivity index (χ0v) is 22.8. The van der Waals surface area contributed by atoms with Crippen molar-refractivity contribution >= 4 is 17.3 Å². The number of carbonyl (C=O) groups excluding carboxylic acids is 2. The van der Waals surface area contributed by atoms with Crippen LogP contribution in [0.15, 0.2) is 66.8 Å². The second-order valence-corrected chi connectivity index (χ2v) is 11.8. The second-order valence-electron chi connectivity index (χ2n) is 11.8. The van der Waals surface area contributed by atoms with Gasteiger partial charge in [-0.15, -0.1) is 0 Å². The summed E-state index contributed by atoms with van der Waals surface area (Å²) < 4.78 is 13.8. The number of benzene rings is 1. The monoisotopic (exact) mass is 503 g/mol. The second kappa shape index (κ2) is 11.8. The molecule has 0 spiro atoms. The topological polar surface area (TPSA) is 46.2 Å². The lowest BCUT2D eigenvalue weighted by atomic mass is 9.54. The van der Waals surface area contributed by atoms with Crippen molar-refractivity contribution < 1.29 is 14.0 Å². The molecule has 0 aromatic heterocycles. The summed E-state index contributed by atoms with van der Waals surface area (Å²) in [7, 11) is 0. The maximum Gasteiger partial charge on any atom is 0.217 e. The van der Waals surface area contributed by atoms with Crippen LogP contribution in [-0.4, -0.2) is 17.7 Å². The molecule has 1 amide bonds. The highest BCUT2D eigenvalue weighted by molar-refractivity contribution is 5.91. The number of amides is 1. The molecule has 3 nitrogen and oxygen atoms in total. The standard InChI is InChI=1S/C33H42FNO2/c1-6-32(37)31-19-25-18-27(35-22(5)36)12-15-29(25)30(33(31)20(2)3)14-11-23-10-13-28(21(4)16-23)24-8-7-9-26(34)17-24/h6-11,13-14,17,20-21,25,27,29-31,33H,1,12,15-16,18-19H2,2-5H3,(H,35,36)/b14-11+/t21?,25-,27+,29-,30-,31+,33-/m1/s1. The Labute approximate surface area is 222 Å². The largest absolute Gasteiger partial charge is 0.354 e. The van der Waals surface area contributed by atoms with E-state index in [1.165, 1.54) is 23.3 Å². The predicted molar refractivity (Wildman–Crippen MR) is 149 cm³/mol. The fourth-order valence-corrected chi connectivity index (χ4v) is 7.46. The van der Waals surface area contributed by atoms with Crippen LogP contribution in [0.25, 0.3) is 5.57 Å². The van der Waals surface area contributed by atoms with Gasteiger partial charge in [0.05, 0.1) is 0 Å². The van der Waals surface area contributed by atoms with Gasteiger partial charge in [0.15, 0.2) is 5.78 Å². The molecular formula is C33H42FNO2. The minimum atomic E-state index is -0.205. The third-order valence-corrected chi connectivity index (χ3v) is 8.99. The Bertz CT molecular complexity index is 1110.